The number of aromatic nitrogens is 1. The molecule has 2 atom stereocenters. The number of amides is 1. The maximum Gasteiger partial charge on any atom is 0.278 e. The number of nitrogens with zero attached hydrogens (tertiary/aromatic N) is 3. The largest absolute Gasteiger partial charge is 0.502 e. The van der Waals surface area contributed by atoms with Crippen LogP contribution < -0.4 is 15.2 Å². The predicted octanol–water partition coefficient (Wildman–Crippen LogP) is 3.42. The highest BCUT2D eigenvalue weighted by molar-refractivity contribution is 5.96. The molecule has 0 fully saturated rings. The summed E-state index contributed by atoms with van der Waals surface area (Å²) < 4.78 is 7.75. The first kappa shape index (κ1) is 20.9. The van der Waals surface area contributed by atoms with E-state index in [1.807, 2.05) is 78.7 Å². The Kier molecular flexibility index (Phi) is 5.38. The molecule has 2 aromatic carbocycles. The molecule has 0 spiro atoms. The molecule has 5 rings (SSSR count). The number of aromatic hydroxyl groups is 1. The third kappa shape index (κ3) is 3.55. The van der Waals surface area contributed by atoms with Crippen molar-refractivity contribution in [2.75, 3.05) is 18.3 Å². The van der Waals surface area contributed by atoms with Gasteiger partial charge in [0.2, 0.25) is 5.43 Å². The smallest absolute Gasteiger partial charge is 0.278 e. The Labute approximate surface area is 191 Å². The molecule has 0 radical (unpaired) electrons. The van der Waals surface area contributed by atoms with Crippen LogP contribution in [0.1, 0.15) is 41.0 Å². The van der Waals surface area contributed by atoms with Gasteiger partial charge in [-0.3, -0.25) is 19.3 Å². The van der Waals surface area contributed by atoms with Crippen LogP contribution in [0, 0.1) is 0 Å². The van der Waals surface area contributed by atoms with Crippen LogP contribution in [0.2, 0.25) is 0 Å². The van der Waals surface area contributed by atoms with Gasteiger partial charge in [0.25, 0.3) is 5.91 Å². The minimum atomic E-state index is -0.579. The van der Waals surface area contributed by atoms with Crippen molar-refractivity contribution < 1.29 is 14.6 Å². The Morgan fingerprint density at radius 1 is 1.03 bits per heavy atom. The average Bonchev–Trinajstić information content (AvgIpc) is 2.87. The molecule has 0 aliphatic carbocycles. The number of rotatable bonds is 2. The second-order valence-corrected chi connectivity index (χ2v) is 8.14. The summed E-state index contributed by atoms with van der Waals surface area (Å²) in [6.45, 7) is 2.64. The van der Waals surface area contributed by atoms with Crippen molar-refractivity contribution in [2.45, 2.75) is 25.4 Å². The topological polar surface area (TPSA) is 75.0 Å². The highest BCUT2D eigenvalue weighted by atomic mass is 16.5. The number of para-hydroxylation sites is 1. The Bertz CT molecular complexity index is 1270. The van der Waals surface area contributed by atoms with Crippen molar-refractivity contribution in [2.24, 2.45) is 0 Å². The van der Waals surface area contributed by atoms with E-state index in [1.165, 1.54) is 6.07 Å². The van der Waals surface area contributed by atoms with Gasteiger partial charge in [-0.2, -0.15) is 0 Å². The lowest BCUT2D eigenvalue weighted by Crippen LogP contribution is -2.57. The van der Waals surface area contributed by atoms with E-state index in [-0.39, 0.29) is 30.4 Å². The van der Waals surface area contributed by atoms with Crippen LogP contribution in [0.5, 0.6) is 11.5 Å². The first-order valence-electron chi connectivity index (χ1n) is 11.1. The van der Waals surface area contributed by atoms with Gasteiger partial charge in [-0.05, 0) is 24.1 Å². The van der Waals surface area contributed by atoms with Gasteiger partial charge in [0.1, 0.15) is 25.1 Å². The first-order chi connectivity index (χ1) is 16.1. The Balaban J connectivity index is 1.81. The van der Waals surface area contributed by atoms with Crippen LogP contribution in [-0.4, -0.2) is 39.9 Å². The van der Waals surface area contributed by atoms with Crippen LogP contribution in [0.25, 0.3) is 0 Å². The summed E-state index contributed by atoms with van der Waals surface area (Å²) in [5.41, 5.74) is 1.31. The summed E-state index contributed by atoms with van der Waals surface area (Å²) in [7, 11) is 0. The van der Waals surface area contributed by atoms with Crippen LogP contribution in [-0.2, 0) is 0 Å². The van der Waals surface area contributed by atoms with E-state index in [0.717, 1.165) is 16.9 Å². The lowest BCUT2D eigenvalue weighted by Gasteiger charge is -2.45. The molecule has 1 aromatic heterocycles. The standard InChI is InChI=1S/C26H25N3O4/c1-2-19-11-8-16-33-22-13-7-6-12-20(22)23(18-9-4-3-5-10-18)29-17-27(19)26(32)24-25(31)21(30)14-15-28(24)29/h3-15,19,23,31H,2,16-17H2,1H3/b11-8+. The van der Waals surface area contributed by atoms with Gasteiger partial charge in [-0.15, -0.1) is 0 Å². The van der Waals surface area contributed by atoms with Crippen molar-refractivity contribution in [1.29, 1.82) is 0 Å². The summed E-state index contributed by atoms with van der Waals surface area (Å²) in [5, 5.41) is 12.7. The number of carbonyl (C=O) groups excluding carboxylic acids is 1. The van der Waals surface area contributed by atoms with E-state index >= 15 is 0 Å². The maximum absolute atomic E-state index is 13.5. The minimum absolute atomic E-state index is 0.0285. The number of ether oxygens (including phenoxy) is 1. The monoisotopic (exact) mass is 443 g/mol. The molecule has 2 aliphatic rings. The highest BCUT2D eigenvalue weighted by Crippen LogP contribution is 2.37. The molecule has 168 valence electrons. The Morgan fingerprint density at radius 2 is 1.79 bits per heavy atom. The zero-order valence-corrected chi connectivity index (χ0v) is 18.3. The van der Waals surface area contributed by atoms with E-state index < -0.39 is 11.2 Å². The molecule has 0 saturated heterocycles. The number of fused-ring (bicyclic) bond motifs is 5. The van der Waals surface area contributed by atoms with Gasteiger partial charge >= 0.3 is 0 Å². The van der Waals surface area contributed by atoms with Gasteiger partial charge in [0, 0.05) is 17.8 Å². The molecule has 2 bridgehead atoms. The predicted molar refractivity (Wildman–Crippen MR) is 125 cm³/mol. The van der Waals surface area contributed by atoms with E-state index in [1.54, 1.807) is 15.8 Å². The van der Waals surface area contributed by atoms with Gasteiger partial charge in [0.15, 0.2) is 11.4 Å². The zero-order valence-electron chi connectivity index (χ0n) is 18.3. The van der Waals surface area contributed by atoms with Crippen LogP contribution in [0.4, 0.5) is 0 Å². The normalized spacial score (nSPS) is 20.8. The minimum Gasteiger partial charge on any atom is -0.502 e. The SMILES string of the molecule is CCC1/C=C/COc2ccccc2C(c2ccccc2)N2CN1C(=O)c1c(O)c(=O)ccn12. The van der Waals surface area contributed by atoms with Crippen molar-refractivity contribution >= 4 is 5.91 Å². The second kappa shape index (κ2) is 8.50. The Hall–Kier alpha value is -4.00. The third-order valence-corrected chi connectivity index (χ3v) is 6.23. The first-order valence-corrected chi connectivity index (χ1v) is 11.1. The van der Waals surface area contributed by atoms with Crippen molar-refractivity contribution in [3.63, 3.8) is 0 Å². The number of benzene rings is 2. The molecule has 2 unspecified atom stereocenters. The Morgan fingerprint density at radius 3 is 2.58 bits per heavy atom. The maximum atomic E-state index is 13.5. The van der Waals surface area contributed by atoms with Crippen LogP contribution in [0.15, 0.2) is 83.8 Å². The lowest BCUT2D eigenvalue weighted by atomic mass is 9.97. The fraction of sp³-hybridized carbons (Fsp3) is 0.231. The molecule has 7 heteroatoms. The van der Waals surface area contributed by atoms with Crippen LogP contribution >= 0.6 is 0 Å². The van der Waals surface area contributed by atoms with E-state index in [9.17, 15) is 14.7 Å². The summed E-state index contributed by atoms with van der Waals surface area (Å²) in [5.74, 6) is -0.179. The molecular formula is C26H25N3O4. The zero-order chi connectivity index (χ0) is 22.9. The quantitative estimate of drug-likeness (QED) is 0.615. The summed E-state index contributed by atoms with van der Waals surface area (Å²) >= 11 is 0. The van der Waals surface area contributed by atoms with Crippen molar-refractivity contribution in [1.82, 2.24) is 9.58 Å². The molecule has 3 heterocycles. The molecule has 0 saturated carbocycles. The number of hydrogen-bond acceptors (Lipinski definition) is 5. The molecule has 3 aromatic rings. The van der Waals surface area contributed by atoms with Crippen molar-refractivity contribution in [3.8, 4) is 11.5 Å². The molecule has 1 amide bonds. The molecule has 2 aliphatic heterocycles. The fourth-order valence-corrected chi connectivity index (χ4v) is 4.61. The molecule has 1 N–H and O–H groups in total. The summed E-state index contributed by atoms with van der Waals surface area (Å²) in [6.07, 6.45) is 6.10. The highest BCUT2D eigenvalue weighted by Gasteiger charge is 2.39. The van der Waals surface area contributed by atoms with Gasteiger partial charge < -0.3 is 14.7 Å². The molecule has 7 nitrogen and oxygen atoms in total. The summed E-state index contributed by atoms with van der Waals surface area (Å²) in [4.78, 5) is 27.5. The van der Waals surface area contributed by atoms with Gasteiger partial charge in [-0.1, -0.05) is 61.5 Å². The number of pyridine rings is 1. The van der Waals surface area contributed by atoms with Crippen molar-refractivity contribution in [3.05, 3.63) is 106 Å². The third-order valence-electron chi connectivity index (χ3n) is 6.23. The lowest BCUT2D eigenvalue weighted by molar-refractivity contribution is 0.0626. The van der Waals surface area contributed by atoms with E-state index in [4.69, 9.17) is 4.74 Å². The average molecular weight is 444 g/mol. The fourth-order valence-electron chi connectivity index (χ4n) is 4.61. The number of hydrogen-bond donors (Lipinski definition) is 1. The number of carbonyl (C=O) groups is 1. The van der Waals surface area contributed by atoms with Gasteiger partial charge in [0.05, 0.1) is 6.04 Å². The summed E-state index contributed by atoms with van der Waals surface area (Å²) in [6, 6.07) is 18.5. The molecular weight excluding hydrogens is 418 g/mol. The van der Waals surface area contributed by atoms with Gasteiger partial charge in [-0.25, -0.2) is 0 Å². The second-order valence-electron chi connectivity index (χ2n) is 8.14. The van der Waals surface area contributed by atoms with Crippen LogP contribution in [0.3, 0.4) is 0 Å². The van der Waals surface area contributed by atoms with E-state index in [2.05, 4.69) is 0 Å². The molecule has 33 heavy (non-hydrogen) atoms. The van der Waals surface area contributed by atoms with E-state index in [0.29, 0.717) is 13.0 Å².